The molecule has 0 radical (unpaired) electrons. The van der Waals surface area contributed by atoms with E-state index in [1.54, 1.807) is 36.4 Å². The van der Waals surface area contributed by atoms with Crippen LogP contribution in [0.5, 0.6) is 17.2 Å². The summed E-state index contributed by atoms with van der Waals surface area (Å²) in [6, 6.07) is 12.6. The minimum absolute atomic E-state index is 0.296. The van der Waals surface area contributed by atoms with Gasteiger partial charge in [0.05, 0.1) is 0 Å². The molecule has 17 heavy (non-hydrogen) atoms. The zero-order valence-corrected chi connectivity index (χ0v) is 8.89. The van der Waals surface area contributed by atoms with Gasteiger partial charge in [-0.3, -0.25) is 0 Å². The predicted octanol–water partition coefficient (Wildman–Crippen LogP) is 3.59. The van der Waals surface area contributed by atoms with Crippen LogP contribution >= 0.6 is 0 Å². The molecule has 2 rings (SSSR count). The highest BCUT2D eigenvalue weighted by molar-refractivity contribution is 5.35. The molecule has 84 valence electrons. The van der Waals surface area contributed by atoms with Crippen LogP contribution in [-0.2, 0) is 0 Å². The fraction of sp³-hybridized carbons (Fsp3) is 0. The summed E-state index contributed by atoms with van der Waals surface area (Å²) in [7, 11) is 0. The summed E-state index contributed by atoms with van der Waals surface area (Å²) in [5.74, 6) is 1.46. The average Bonchev–Trinajstić information content (AvgIpc) is 2.35. The molecule has 2 nitrogen and oxygen atoms in total. The van der Waals surface area contributed by atoms with Crippen molar-refractivity contribution < 1.29 is 13.9 Å². The largest absolute Gasteiger partial charge is 0.457 e. The van der Waals surface area contributed by atoms with E-state index in [0.29, 0.717) is 17.2 Å². The number of benzene rings is 2. The van der Waals surface area contributed by atoms with Crippen molar-refractivity contribution in [3.05, 3.63) is 54.3 Å². The molecule has 0 saturated carbocycles. The minimum atomic E-state index is -0.296. The van der Waals surface area contributed by atoms with Gasteiger partial charge in [-0.25, -0.2) is 4.39 Å². The van der Waals surface area contributed by atoms with Crippen molar-refractivity contribution in [3.8, 4) is 29.8 Å². The van der Waals surface area contributed by atoms with Gasteiger partial charge in [-0.2, -0.15) is 0 Å². The number of hydrogen-bond acceptors (Lipinski definition) is 2. The molecule has 0 atom stereocenters. The molecule has 0 amide bonds. The summed E-state index contributed by atoms with van der Waals surface area (Å²) < 4.78 is 23.0. The van der Waals surface area contributed by atoms with Crippen LogP contribution in [0, 0.1) is 18.3 Å². The smallest absolute Gasteiger partial charge is 0.140 e. The quantitative estimate of drug-likeness (QED) is 0.747. The van der Waals surface area contributed by atoms with Crippen molar-refractivity contribution in [1.82, 2.24) is 0 Å². The maximum absolute atomic E-state index is 12.7. The second-order valence-corrected chi connectivity index (χ2v) is 3.25. The van der Waals surface area contributed by atoms with Crippen LogP contribution in [0.3, 0.4) is 0 Å². The van der Waals surface area contributed by atoms with Crippen LogP contribution in [0.25, 0.3) is 0 Å². The van der Waals surface area contributed by atoms with E-state index >= 15 is 0 Å². The molecule has 0 N–H and O–H groups in total. The van der Waals surface area contributed by atoms with Crippen molar-refractivity contribution in [1.29, 1.82) is 0 Å². The number of terminal acetylenes is 1. The Morgan fingerprint density at radius 2 is 1.29 bits per heavy atom. The van der Waals surface area contributed by atoms with Crippen molar-refractivity contribution >= 4 is 0 Å². The Bertz CT molecular complexity index is 524. The SMILES string of the molecule is C#COc1ccc(Oc2ccc(F)cc2)cc1. The Kier molecular flexibility index (Phi) is 3.27. The Labute approximate surface area is 98.6 Å². The molecule has 0 spiro atoms. The van der Waals surface area contributed by atoms with Gasteiger partial charge in [0.1, 0.15) is 29.2 Å². The van der Waals surface area contributed by atoms with Gasteiger partial charge in [0.2, 0.25) is 0 Å². The van der Waals surface area contributed by atoms with Crippen molar-refractivity contribution in [3.63, 3.8) is 0 Å². The third-order valence-corrected chi connectivity index (χ3v) is 2.05. The van der Waals surface area contributed by atoms with Gasteiger partial charge in [-0.15, -0.1) is 0 Å². The molecule has 0 aliphatic heterocycles. The zero-order chi connectivity index (χ0) is 12.1. The Hall–Kier alpha value is -2.47. The lowest BCUT2D eigenvalue weighted by atomic mass is 10.3. The highest BCUT2D eigenvalue weighted by atomic mass is 19.1. The molecule has 0 bridgehead atoms. The molecule has 0 aliphatic rings. The van der Waals surface area contributed by atoms with Crippen LogP contribution in [-0.4, -0.2) is 0 Å². The fourth-order valence-electron chi connectivity index (χ4n) is 1.28. The minimum Gasteiger partial charge on any atom is -0.457 e. The molecule has 0 fully saturated rings. The van der Waals surface area contributed by atoms with Gasteiger partial charge in [-0.05, 0) is 48.5 Å². The molecular formula is C14H9FO2. The topological polar surface area (TPSA) is 18.5 Å². The second-order valence-electron chi connectivity index (χ2n) is 3.25. The van der Waals surface area contributed by atoms with Gasteiger partial charge >= 0.3 is 0 Å². The van der Waals surface area contributed by atoms with Crippen LogP contribution in [0.1, 0.15) is 0 Å². The van der Waals surface area contributed by atoms with Crippen molar-refractivity contribution in [2.75, 3.05) is 0 Å². The molecule has 0 saturated heterocycles. The number of hydrogen-bond donors (Lipinski definition) is 0. The normalized spacial score (nSPS) is 9.41. The summed E-state index contributed by atoms with van der Waals surface area (Å²) in [5, 5.41) is 0. The first kappa shape index (κ1) is 11.0. The maximum atomic E-state index is 12.7. The zero-order valence-electron chi connectivity index (χ0n) is 8.89. The lowest BCUT2D eigenvalue weighted by Gasteiger charge is -2.05. The lowest BCUT2D eigenvalue weighted by molar-refractivity contribution is 0.476. The van der Waals surface area contributed by atoms with Crippen LogP contribution < -0.4 is 9.47 Å². The molecule has 0 aliphatic carbocycles. The third kappa shape index (κ3) is 2.99. The average molecular weight is 228 g/mol. The van der Waals surface area contributed by atoms with E-state index in [2.05, 4.69) is 6.11 Å². The summed E-state index contributed by atoms with van der Waals surface area (Å²) in [4.78, 5) is 0. The second kappa shape index (κ2) is 5.04. The molecule has 2 aromatic rings. The molecular weight excluding hydrogens is 219 g/mol. The Morgan fingerprint density at radius 1 is 0.824 bits per heavy atom. The molecule has 0 aromatic heterocycles. The first-order valence-corrected chi connectivity index (χ1v) is 4.94. The van der Waals surface area contributed by atoms with Gasteiger partial charge in [0, 0.05) is 0 Å². The first-order valence-electron chi connectivity index (χ1n) is 4.94. The van der Waals surface area contributed by atoms with Crippen molar-refractivity contribution in [2.24, 2.45) is 0 Å². The molecule has 0 unspecified atom stereocenters. The van der Waals surface area contributed by atoms with Crippen LogP contribution in [0.2, 0.25) is 0 Å². The van der Waals surface area contributed by atoms with Crippen LogP contribution in [0.15, 0.2) is 48.5 Å². The predicted molar refractivity (Wildman–Crippen MR) is 62.4 cm³/mol. The standard InChI is InChI=1S/C14H9FO2/c1-2-16-12-7-9-14(10-8-12)17-13-5-3-11(15)4-6-13/h1,3-10H. The van der Waals surface area contributed by atoms with Gasteiger partial charge in [0.25, 0.3) is 0 Å². The van der Waals surface area contributed by atoms with E-state index in [0.717, 1.165) is 0 Å². The fourth-order valence-corrected chi connectivity index (χ4v) is 1.28. The van der Waals surface area contributed by atoms with E-state index in [1.165, 1.54) is 12.1 Å². The van der Waals surface area contributed by atoms with E-state index in [9.17, 15) is 4.39 Å². The molecule has 0 heterocycles. The molecule has 3 heteroatoms. The lowest BCUT2D eigenvalue weighted by Crippen LogP contribution is -1.85. The summed E-state index contributed by atoms with van der Waals surface area (Å²) >= 11 is 0. The monoisotopic (exact) mass is 228 g/mol. The summed E-state index contributed by atoms with van der Waals surface area (Å²) in [6.07, 6.45) is 7.07. The Morgan fingerprint density at radius 3 is 1.82 bits per heavy atom. The maximum Gasteiger partial charge on any atom is 0.140 e. The van der Waals surface area contributed by atoms with Gasteiger partial charge in [0.15, 0.2) is 0 Å². The van der Waals surface area contributed by atoms with Crippen molar-refractivity contribution in [2.45, 2.75) is 0 Å². The highest BCUT2D eigenvalue weighted by Crippen LogP contribution is 2.23. The van der Waals surface area contributed by atoms with Gasteiger partial charge < -0.3 is 9.47 Å². The highest BCUT2D eigenvalue weighted by Gasteiger charge is 1.98. The van der Waals surface area contributed by atoms with E-state index in [1.807, 2.05) is 0 Å². The third-order valence-electron chi connectivity index (χ3n) is 2.05. The van der Waals surface area contributed by atoms with Gasteiger partial charge in [-0.1, -0.05) is 6.42 Å². The summed E-state index contributed by atoms with van der Waals surface area (Å²) in [5.41, 5.74) is 0. The van der Waals surface area contributed by atoms with E-state index in [-0.39, 0.29) is 5.82 Å². The molecule has 2 aromatic carbocycles. The first-order chi connectivity index (χ1) is 8.28. The van der Waals surface area contributed by atoms with E-state index in [4.69, 9.17) is 15.9 Å². The Balaban J connectivity index is 2.09. The number of rotatable bonds is 3. The van der Waals surface area contributed by atoms with Crippen LogP contribution in [0.4, 0.5) is 4.39 Å². The van der Waals surface area contributed by atoms with E-state index < -0.39 is 0 Å². The number of halogens is 1. The number of ether oxygens (including phenoxy) is 2. The summed E-state index contributed by atoms with van der Waals surface area (Å²) in [6.45, 7) is 0.